The van der Waals surface area contributed by atoms with Crippen LogP contribution < -0.4 is 0 Å². The summed E-state index contributed by atoms with van der Waals surface area (Å²) < 4.78 is 23.8. The van der Waals surface area contributed by atoms with Crippen LogP contribution in [0.4, 0.5) is 0 Å². The van der Waals surface area contributed by atoms with Crippen LogP contribution in [0.1, 0.15) is 11.1 Å². The van der Waals surface area contributed by atoms with Crippen molar-refractivity contribution in [3.05, 3.63) is 96.1 Å². The van der Waals surface area contributed by atoms with Crippen LogP contribution in [0, 0.1) is 0 Å². The number of nitrogens with one attached hydrogen (secondary N) is 2. The van der Waals surface area contributed by atoms with E-state index in [1.807, 2.05) is 48.5 Å². The largest absolute Gasteiger partial charge is 0.354 e. The zero-order chi connectivity index (χ0) is 21.5. The molecule has 6 heteroatoms. The van der Waals surface area contributed by atoms with Crippen LogP contribution in [0.25, 0.3) is 43.6 Å². The molecule has 2 aromatic heterocycles. The van der Waals surface area contributed by atoms with Crippen molar-refractivity contribution in [1.29, 1.82) is 0 Å². The summed E-state index contributed by atoms with van der Waals surface area (Å²) >= 11 is 0. The lowest BCUT2D eigenvalue weighted by Crippen LogP contribution is -1.92. The number of benzene rings is 4. The zero-order valence-electron chi connectivity index (χ0n) is 17.2. The van der Waals surface area contributed by atoms with E-state index in [4.69, 9.17) is 9.05 Å². The van der Waals surface area contributed by atoms with Crippen molar-refractivity contribution in [2.45, 2.75) is 13.2 Å². The summed E-state index contributed by atoms with van der Waals surface area (Å²) in [6.45, 7) is 0.442. The first-order valence-corrected chi connectivity index (χ1v) is 11.8. The van der Waals surface area contributed by atoms with Crippen molar-refractivity contribution >= 4 is 51.9 Å². The van der Waals surface area contributed by atoms with Crippen molar-refractivity contribution in [1.82, 2.24) is 9.97 Å². The number of hydrogen-bond donors (Lipinski definition) is 2. The van der Waals surface area contributed by atoms with Gasteiger partial charge in [-0.3, -0.25) is 4.57 Å². The summed E-state index contributed by atoms with van der Waals surface area (Å²) in [6, 6.07) is 28.5. The molecule has 0 spiro atoms. The highest BCUT2D eigenvalue weighted by Gasteiger charge is 2.11. The predicted octanol–water partition coefficient (Wildman–Crippen LogP) is 7.08. The third-order valence-corrected chi connectivity index (χ3v) is 6.71. The van der Waals surface area contributed by atoms with Crippen molar-refractivity contribution < 1.29 is 13.6 Å². The lowest BCUT2D eigenvalue weighted by molar-refractivity contribution is 0.214. The van der Waals surface area contributed by atoms with E-state index in [1.165, 1.54) is 10.8 Å². The van der Waals surface area contributed by atoms with E-state index in [1.54, 1.807) is 0 Å². The normalized spacial score (nSPS) is 12.0. The fraction of sp³-hybridized carbons (Fsp3) is 0.0769. The number of aromatic amines is 2. The van der Waals surface area contributed by atoms with Gasteiger partial charge in [0.25, 0.3) is 0 Å². The highest BCUT2D eigenvalue weighted by molar-refractivity contribution is 7.33. The second kappa shape index (κ2) is 7.95. The standard InChI is InChI=1S/C26H21N2O3P/c29-32(30-15-17-7-5-11-21-19-9-1-3-13-23(19)27-25(17)21)31-16-18-8-6-12-22-20-10-2-4-14-24(20)28-26(18)22/h1-14,27-28,32H,15-16H2. The molecule has 32 heavy (non-hydrogen) atoms. The summed E-state index contributed by atoms with van der Waals surface area (Å²) in [4.78, 5) is 6.89. The molecule has 0 fully saturated rings. The van der Waals surface area contributed by atoms with Gasteiger partial charge in [-0.25, -0.2) is 0 Å². The zero-order valence-corrected chi connectivity index (χ0v) is 18.2. The first-order chi connectivity index (χ1) is 15.8. The average Bonchev–Trinajstić information content (AvgIpc) is 3.40. The quantitative estimate of drug-likeness (QED) is 0.272. The number of rotatable bonds is 6. The first kappa shape index (κ1) is 19.3. The highest BCUT2D eigenvalue weighted by atomic mass is 31.1. The minimum Gasteiger partial charge on any atom is -0.354 e. The van der Waals surface area contributed by atoms with Gasteiger partial charge < -0.3 is 19.0 Å². The number of hydrogen-bond acceptors (Lipinski definition) is 3. The second-order valence-electron chi connectivity index (χ2n) is 7.85. The molecular formula is C26H21N2O3P. The van der Waals surface area contributed by atoms with Gasteiger partial charge in [-0.1, -0.05) is 72.8 Å². The molecule has 5 nitrogen and oxygen atoms in total. The second-order valence-corrected chi connectivity index (χ2v) is 8.93. The Labute approximate surface area is 184 Å². The van der Waals surface area contributed by atoms with E-state index in [0.29, 0.717) is 0 Å². The van der Waals surface area contributed by atoms with Gasteiger partial charge in [-0.05, 0) is 12.1 Å². The average molecular weight is 440 g/mol. The number of para-hydroxylation sites is 4. The van der Waals surface area contributed by atoms with E-state index in [-0.39, 0.29) is 13.2 Å². The van der Waals surface area contributed by atoms with Crippen LogP contribution in [0.3, 0.4) is 0 Å². The summed E-state index contributed by atoms with van der Waals surface area (Å²) in [6.07, 6.45) is 0. The Kier molecular flexibility index (Phi) is 4.80. The minimum absolute atomic E-state index is 0.221. The van der Waals surface area contributed by atoms with Gasteiger partial charge in [0.1, 0.15) is 0 Å². The number of fused-ring (bicyclic) bond motifs is 6. The molecule has 0 saturated carbocycles. The molecule has 2 N–H and O–H groups in total. The van der Waals surface area contributed by atoms with E-state index < -0.39 is 8.25 Å². The maximum absolute atomic E-state index is 12.5. The minimum atomic E-state index is -2.66. The topological polar surface area (TPSA) is 67.1 Å². The Hall–Kier alpha value is -3.37. The van der Waals surface area contributed by atoms with Crippen LogP contribution in [-0.2, 0) is 26.8 Å². The van der Waals surface area contributed by atoms with Crippen molar-refractivity contribution in [3.63, 3.8) is 0 Å². The summed E-state index contributed by atoms with van der Waals surface area (Å²) in [5, 5.41) is 4.60. The van der Waals surface area contributed by atoms with Crippen LogP contribution in [0.5, 0.6) is 0 Å². The molecular weight excluding hydrogens is 419 g/mol. The number of aromatic nitrogens is 2. The molecule has 0 amide bonds. The molecule has 2 heterocycles. The molecule has 4 aromatic carbocycles. The molecule has 0 unspecified atom stereocenters. The SMILES string of the molecule is O=[PH](OCc1cccc2c1[nH]c1ccccc12)OCc1cccc2c1[nH]c1ccccc12. The van der Waals surface area contributed by atoms with Gasteiger partial charge in [-0.2, -0.15) is 0 Å². The molecule has 0 aliphatic heterocycles. The fourth-order valence-electron chi connectivity index (χ4n) is 4.42. The Morgan fingerprint density at radius 1 is 0.562 bits per heavy atom. The third kappa shape index (κ3) is 3.32. The molecule has 158 valence electrons. The molecule has 0 aliphatic rings. The van der Waals surface area contributed by atoms with Gasteiger partial charge in [0.2, 0.25) is 0 Å². The van der Waals surface area contributed by atoms with E-state index in [2.05, 4.69) is 46.4 Å². The van der Waals surface area contributed by atoms with Crippen molar-refractivity contribution in [2.24, 2.45) is 0 Å². The van der Waals surface area contributed by atoms with Gasteiger partial charge >= 0.3 is 8.25 Å². The predicted molar refractivity (Wildman–Crippen MR) is 130 cm³/mol. The molecule has 0 atom stereocenters. The fourth-order valence-corrected chi connectivity index (χ4v) is 5.05. The van der Waals surface area contributed by atoms with Crippen LogP contribution in [0.15, 0.2) is 84.9 Å². The summed E-state index contributed by atoms with van der Waals surface area (Å²) in [5.41, 5.74) is 6.07. The van der Waals surface area contributed by atoms with E-state index in [0.717, 1.165) is 44.0 Å². The van der Waals surface area contributed by atoms with Crippen molar-refractivity contribution in [3.8, 4) is 0 Å². The third-order valence-electron chi connectivity index (χ3n) is 5.95. The molecule has 6 aromatic rings. The van der Waals surface area contributed by atoms with Crippen LogP contribution in [-0.4, -0.2) is 9.97 Å². The summed E-state index contributed by atoms with van der Waals surface area (Å²) in [7, 11) is -2.66. The Morgan fingerprint density at radius 2 is 1.00 bits per heavy atom. The Bertz CT molecular complexity index is 1500. The van der Waals surface area contributed by atoms with E-state index >= 15 is 0 Å². The molecule has 0 saturated heterocycles. The van der Waals surface area contributed by atoms with Crippen LogP contribution >= 0.6 is 8.25 Å². The smallest absolute Gasteiger partial charge is 0.319 e. The lowest BCUT2D eigenvalue weighted by atomic mass is 10.1. The highest BCUT2D eigenvalue weighted by Crippen LogP contribution is 2.33. The maximum atomic E-state index is 12.5. The Balaban J connectivity index is 1.19. The molecule has 0 bridgehead atoms. The maximum Gasteiger partial charge on any atom is 0.319 e. The molecule has 6 rings (SSSR count). The van der Waals surface area contributed by atoms with E-state index in [9.17, 15) is 4.57 Å². The van der Waals surface area contributed by atoms with Gasteiger partial charge in [0.05, 0.1) is 24.2 Å². The van der Waals surface area contributed by atoms with Crippen LogP contribution in [0.2, 0.25) is 0 Å². The molecule has 0 radical (unpaired) electrons. The molecule has 0 aliphatic carbocycles. The monoisotopic (exact) mass is 440 g/mol. The number of H-pyrrole nitrogens is 2. The van der Waals surface area contributed by atoms with Gasteiger partial charge in [0, 0.05) is 43.7 Å². The van der Waals surface area contributed by atoms with Gasteiger partial charge in [-0.15, -0.1) is 0 Å². The lowest BCUT2D eigenvalue weighted by Gasteiger charge is -2.08. The first-order valence-electron chi connectivity index (χ1n) is 10.5. The summed E-state index contributed by atoms with van der Waals surface area (Å²) in [5.74, 6) is 0. The van der Waals surface area contributed by atoms with Crippen molar-refractivity contribution in [2.75, 3.05) is 0 Å². The Morgan fingerprint density at radius 3 is 1.50 bits per heavy atom. The van der Waals surface area contributed by atoms with Gasteiger partial charge in [0.15, 0.2) is 0 Å².